The quantitative estimate of drug-likeness (QED) is 0.113. The van der Waals surface area contributed by atoms with Crippen molar-refractivity contribution in [3.63, 3.8) is 0 Å². The Balaban J connectivity index is 3.00. The van der Waals surface area contributed by atoms with Crippen molar-refractivity contribution in [1.29, 1.82) is 0 Å². The number of carbonyl (C=O) groups is 1. The van der Waals surface area contributed by atoms with Gasteiger partial charge >= 0.3 is 0 Å². The van der Waals surface area contributed by atoms with Crippen molar-refractivity contribution in [3.8, 4) is 0 Å². The topological polar surface area (TPSA) is 120 Å². The maximum absolute atomic E-state index is 10.8. The van der Waals surface area contributed by atoms with Crippen LogP contribution >= 0.6 is 0 Å². The zero-order valence-electron chi connectivity index (χ0n) is 15.7. The third-order valence-electron chi connectivity index (χ3n) is 2.83. The molecule has 0 heterocycles. The van der Waals surface area contributed by atoms with Gasteiger partial charge in [0.25, 0.3) is 5.91 Å². The molecule has 0 aliphatic rings. The monoisotopic (exact) mass is 382 g/mol. The molecular formula is C16H34N2O8. The Morgan fingerprint density at radius 1 is 0.615 bits per heavy atom. The number of nitrogens with two attached hydrogens (primary N) is 1. The summed E-state index contributed by atoms with van der Waals surface area (Å²) in [6.45, 7) is 8.60. The van der Waals surface area contributed by atoms with Gasteiger partial charge in [-0.05, 0) is 6.92 Å². The lowest BCUT2D eigenvalue weighted by molar-refractivity contribution is -0.126. The zero-order chi connectivity index (χ0) is 19.1. The fourth-order valence-corrected chi connectivity index (χ4v) is 1.57. The fraction of sp³-hybridized carbons (Fsp3) is 0.938. The lowest BCUT2D eigenvalue weighted by atomic mass is 10.6. The average molecular weight is 382 g/mol. The summed E-state index contributed by atoms with van der Waals surface area (Å²) in [7, 11) is 0. The van der Waals surface area contributed by atoms with Crippen LogP contribution in [0.5, 0.6) is 0 Å². The van der Waals surface area contributed by atoms with Crippen LogP contribution in [0.1, 0.15) is 6.92 Å². The standard InChI is InChI=1S/C16H34N2O8/c1-2-20-3-4-21-5-6-22-7-8-23-9-10-24-11-12-25-13-14-26-15-16(19)18-17/h2-15,17H2,1H3,(H,18,19). The second-order valence-electron chi connectivity index (χ2n) is 4.88. The number of ether oxygens (including phenoxy) is 7. The summed E-state index contributed by atoms with van der Waals surface area (Å²) < 4.78 is 36.8. The van der Waals surface area contributed by atoms with Crippen LogP contribution in [0.3, 0.4) is 0 Å². The first-order chi connectivity index (χ1) is 12.8. The molecule has 0 unspecified atom stereocenters. The number of rotatable bonds is 21. The molecule has 10 nitrogen and oxygen atoms in total. The second kappa shape index (κ2) is 22.2. The van der Waals surface area contributed by atoms with E-state index >= 15 is 0 Å². The molecule has 1 amide bonds. The van der Waals surface area contributed by atoms with Gasteiger partial charge in [-0.15, -0.1) is 0 Å². The predicted octanol–water partition coefficient (Wildman–Crippen LogP) is -0.888. The summed E-state index contributed by atoms with van der Waals surface area (Å²) in [5.41, 5.74) is 1.97. The van der Waals surface area contributed by atoms with Gasteiger partial charge in [-0.25, -0.2) is 5.84 Å². The van der Waals surface area contributed by atoms with Crippen LogP contribution < -0.4 is 11.3 Å². The normalized spacial score (nSPS) is 11.0. The maximum Gasteiger partial charge on any atom is 0.259 e. The molecule has 10 heteroatoms. The molecule has 3 N–H and O–H groups in total. The van der Waals surface area contributed by atoms with Gasteiger partial charge in [0.05, 0.1) is 79.3 Å². The summed E-state index contributed by atoms with van der Waals surface area (Å²) in [4.78, 5) is 10.8. The first kappa shape index (κ1) is 25.1. The molecule has 0 saturated carbocycles. The maximum atomic E-state index is 10.8. The molecule has 0 aromatic rings. The van der Waals surface area contributed by atoms with Crippen LogP contribution in [0.25, 0.3) is 0 Å². The molecule has 0 aliphatic carbocycles. The Hall–Kier alpha value is -0.850. The largest absolute Gasteiger partial charge is 0.379 e. The van der Waals surface area contributed by atoms with Crippen molar-refractivity contribution in [2.24, 2.45) is 5.84 Å². The van der Waals surface area contributed by atoms with E-state index < -0.39 is 0 Å². The summed E-state index contributed by atoms with van der Waals surface area (Å²) >= 11 is 0. The summed E-state index contributed by atoms with van der Waals surface area (Å²) in [5.74, 6) is 4.53. The van der Waals surface area contributed by atoms with Crippen LogP contribution in [-0.4, -0.2) is 98.4 Å². The number of hydrogen-bond donors (Lipinski definition) is 2. The van der Waals surface area contributed by atoms with Crippen LogP contribution in [0.4, 0.5) is 0 Å². The van der Waals surface area contributed by atoms with Crippen LogP contribution in [-0.2, 0) is 38.0 Å². The molecule has 0 spiro atoms. The van der Waals surface area contributed by atoms with Crippen molar-refractivity contribution in [3.05, 3.63) is 0 Å². The van der Waals surface area contributed by atoms with E-state index in [0.29, 0.717) is 85.9 Å². The molecule has 0 aromatic heterocycles. The molecule has 26 heavy (non-hydrogen) atoms. The molecule has 0 bridgehead atoms. The lowest BCUT2D eigenvalue weighted by Crippen LogP contribution is -2.33. The summed E-state index contributed by atoms with van der Waals surface area (Å²) in [6, 6.07) is 0. The molecule has 0 fully saturated rings. The second-order valence-corrected chi connectivity index (χ2v) is 4.88. The van der Waals surface area contributed by atoms with E-state index in [1.54, 1.807) is 0 Å². The Labute approximate surface area is 155 Å². The van der Waals surface area contributed by atoms with E-state index in [9.17, 15) is 4.79 Å². The van der Waals surface area contributed by atoms with E-state index in [2.05, 4.69) is 0 Å². The lowest BCUT2D eigenvalue weighted by Gasteiger charge is -2.08. The minimum Gasteiger partial charge on any atom is -0.379 e. The van der Waals surface area contributed by atoms with Gasteiger partial charge in [0, 0.05) is 6.61 Å². The number of carbonyl (C=O) groups excluding carboxylic acids is 1. The number of hydrogen-bond acceptors (Lipinski definition) is 9. The zero-order valence-corrected chi connectivity index (χ0v) is 15.7. The van der Waals surface area contributed by atoms with E-state index in [4.69, 9.17) is 39.0 Å². The van der Waals surface area contributed by atoms with Crippen LogP contribution in [0, 0.1) is 0 Å². The van der Waals surface area contributed by atoms with Gasteiger partial charge in [-0.3, -0.25) is 10.2 Å². The first-order valence-electron chi connectivity index (χ1n) is 8.84. The summed E-state index contributed by atoms with van der Waals surface area (Å²) in [5, 5.41) is 0. The molecule has 0 atom stereocenters. The van der Waals surface area contributed by atoms with Crippen molar-refractivity contribution in [1.82, 2.24) is 5.43 Å². The smallest absolute Gasteiger partial charge is 0.259 e. The van der Waals surface area contributed by atoms with Gasteiger partial charge in [-0.2, -0.15) is 0 Å². The minimum absolute atomic E-state index is 0.0711. The summed E-state index contributed by atoms with van der Waals surface area (Å²) in [6.07, 6.45) is 0. The van der Waals surface area contributed by atoms with Gasteiger partial charge in [0.15, 0.2) is 0 Å². The number of hydrazine groups is 1. The molecule has 0 aliphatic heterocycles. The first-order valence-corrected chi connectivity index (χ1v) is 8.84. The SMILES string of the molecule is CCOCCOCCOCCOCCOCCOCCOCC(=O)NN. The third kappa shape index (κ3) is 21.2. The van der Waals surface area contributed by atoms with E-state index in [-0.39, 0.29) is 12.5 Å². The minimum atomic E-state index is -0.371. The van der Waals surface area contributed by atoms with E-state index in [1.165, 1.54) is 0 Å². The van der Waals surface area contributed by atoms with E-state index in [0.717, 1.165) is 0 Å². The highest BCUT2D eigenvalue weighted by Gasteiger charge is 1.97. The highest BCUT2D eigenvalue weighted by atomic mass is 16.6. The fourth-order valence-electron chi connectivity index (χ4n) is 1.57. The van der Waals surface area contributed by atoms with E-state index in [1.807, 2.05) is 12.3 Å². The molecule has 0 saturated heterocycles. The van der Waals surface area contributed by atoms with Gasteiger partial charge in [-0.1, -0.05) is 0 Å². The molecule has 0 aromatic carbocycles. The van der Waals surface area contributed by atoms with Crippen LogP contribution in [0.15, 0.2) is 0 Å². The highest BCUT2D eigenvalue weighted by molar-refractivity contribution is 5.76. The van der Waals surface area contributed by atoms with Crippen molar-refractivity contribution in [2.45, 2.75) is 6.92 Å². The predicted molar refractivity (Wildman–Crippen MR) is 93.7 cm³/mol. The molecule has 156 valence electrons. The van der Waals surface area contributed by atoms with Gasteiger partial charge in [0.1, 0.15) is 6.61 Å². The van der Waals surface area contributed by atoms with Crippen molar-refractivity contribution < 1.29 is 38.0 Å². The van der Waals surface area contributed by atoms with Gasteiger partial charge < -0.3 is 33.2 Å². The van der Waals surface area contributed by atoms with Crippen LogP contribution in [0.2, 0.25) is 0 Å². The average Bonchev–Trinajstić information content (AvgIpc) is 2.66. The van der Waals surface area contributed by atoms with Gasteiger partial charge in [0.2, 0.25) is 0 Å². The highest BCUT2D eigenvalue weighted by Crippen LogP contribution is 1.85. The number of nitrogens with one attached hydrogen (secondary N) is 1. The Morgan fingerprint density at radius 3 is 1.23 bits per heavy atom. The number of amides is 1. The third-order valence-corrected chi connectivity index (χ3v) is 2.83. The molecular weight excluding hydrogens is 348 g/mol. The Morgan fingerprint density at radius 2 is 0.923 bits per heavy atom. The molecule has 0 rings (SSSR count). The Bertz CT molecular complexity index is 297. The Kier molecular flexibility index (Phi) is 21.5. The van der Waals surface area contributed by atoms with Crippen molar-refractivity contribution >= 4 is 5.91 Å². The molecule has 0 radical (unpaired) electrons. The van der Waals surface area contributed by atoms with Crippen molar-refractivity contribution in [2.75, 3.05) is 92.5 Å².